The first-order valence-electron chi connectivity index (χ1n) is 12.9. The van der Waals surface area contributed by atoms with Gasteiger partial charge in [-0.05, 0) is 42.4 Å². The van der Waals surface area contributed by atoms with Gasteiger partial charge in [-0.3, -0.25) is 9.59 Å². The van der Waals surface area contributed by atoms with Crippen molar-refractivity contribution >= 4 is 22.0 Å². The zero-order chi connectivity index (χ0) is 29.6. The molecule has 220 valence electrons. The molecule has 0 aliphatic heterocycles. The van der Waals surface area contributed by atoms with Gasteiger partial charge < -0.3 is 19.6 Å². The van der Waals surface area contributed by atoms with Crippen LogP contribution < -0.4 is 14.8 Å². The molecule has 1 saturated carbocycles. The first-order chi connectivity index (χ1) is 18.9. The van der Waals surface area contributed by atoms with Crippen LogP contribution in [0.5, 0.6) is 5.75 Å². The number of carbonyl (C=O) groups excluding carboxylic acids is 2. The van der Waals surface area contributed by atoms with Gasteiger partial charge in [-0.15, -0.1) is 0 Å². The molecule has 0 bridgehead atoms. The van der Waals surface area contributed by atoms with Crippen LogP contribution in [0.4, 0.5) is 17.6 Å². The van der Waals surface area contributed by atoms with Crippen molar-refractivity contribution in [3.05, 3.63) is 58.7 Å². The fraction of sp³-hybridized carbons (Fsp3) is 0.481. The van der Waals surface area contributed by atoms with E-state index in [1.165, 1.54) is 19.2 Å². The molecule has 0 saturated heterocycles. The lowest BCUT2D eigenvalue weighted by atomic mass is 9.89. The number of halogens is 4. The molecule has 1 atom stereocenters. The van der Waals surface area contributed by atoms with Crippen LogP contribution in [0.15, 0.2) is 29.2 Å². The summed E-state index contributed by atoms with van der Waals surface area (Å²) >= 11 is 0. The van der Waals surface area contributed by atoms with Crippen molar-refractivity contribution in [3.8, 4) is 5.75 Å². The van der Waals surface area contributed by atoms with Crippen LogP contribution in [-0.2, 0) is 26.2 Å². The molecule has 1 aliphatic rings. The first kappa shape index (κ1) is 31.3. The van der Waals surface area contributed by atoms with Crippen molar-refractivity contribution in [3.63, 3.8) is 0 Å². The molecule has 0 heterocycles. The molecule has 1 fully saturated rings. The summed E-state index contributed by atoms with van der Waals surface area (Å²) in [4.78, 5) is 22.2. The molecule has 0 spiro atoms. The molecular formula is C27H32F4N2O6S. The van der Waals surface area contributed by atoms with Crippen molar-refractivity contribution < 1.29 is 44.5 Å². The summed E-state index contributed by atoms with van der Waals surface area (Å²) in [6.45, 7) is 3.89. The summed E-state index contributed by atoms with van der Waals surface area (Å²) in [5, 5.41) is 5.28. The summed E-state index contributed by atoms with van der Waals surface area (Å²) in [7, 11) is -4.13. The molecule has 8 nitrogen and oxygen atoms in total. The zero-order valence-corrected chi connectivity index (χ0v) is 23.2. The Morgan fingerprint density at radius 2 is 1.52 bits per heavy atom. The third-order valence-electron chi connectivity index (χ3n) is 6.75. The average Bonchev–Trinajstić information content (AvgIpc) is 2.92. The highest BCUT2D eigenvalue weighted by Gasteiger charge is 2.37. The Labute approximate surface area is 230 Å². The molecule has 2 aromatic carbocycles. The van der Waals surface area contributed by atoms with Crippen molar-refractivity contribution in [2.45, 2.75) is 63.4 Å². The van der Waals surface area contributed by atoms with Gasteiger partial charge in [0.2, 0.25) is 0 Å². The van der Waals surface area contributed by atoms with Crippen LogP contribution in [0.1, 0.15) is 61.9 Å². The lowest BCUT2D eigenvalue weighted by molar-refractivity contribution is -0.144. The van der Waals surface area contributed by atoms with Crippen LogP contribution in [-0.4, -0.2) is 40.0 Å². The predicted octanol–water partition coefficient (Wildman–Crippen LogP) is 4.61. The van der Waals surface area contributed by atoms with Crippen LogP contribution in [0.3, 0.4) is 0 Å². The minimum atomic E-state index is -5.39. The molecule has 0 unspecified atom stereocenters. The molecule has 13 heteroatoms. The number of hydrogen-bond acceptors (Lipinski definition) is 7. The van der Waals surface area contributed by atoms with Crippen molar-refractivity contribution in [2.75, 3.05) is 13.7 Å². The molecule has 40 heavy (non-hydrogen) atoms. The second-order valence-electron chi connectivity index (χ2n) is 9.98. The highest BCUT2D eigenvalue weighted by molar-refractivity contribution is 7.87. The van der Waals surface area contributed by atoms with Crippen LogP contribution in [0.25, 0.3) is 0 Å². The lowest BCUT2D eigenvalue weighted by Crippen LogP contribution is -2.41. The summed E-state index contributed by atoms with van der Waals surface area (Å²) in [6, 6.07) is 4.55. The maximum Gasteiger partial charge on any atom is 0.345 e. The summed E-state index contributed by atoms with van der Waals surface area (Å²) in [5.41, 5.74) is -0.953. The van der Waals surface area contributed by atoms with Gasteiger partial charge in [-0.25, -0.2) is 17.6 Å². The third kappa shape index (κ3) is 7.30. The van der Waals surface area contributed by atoms with Crippen molar-refractivity contribution in [1.29, 1.82) is 0 Å². The highest BCUT2D eigenvalue weighted by Crippen LogP contribution is 2.30. The topological polar surface area (TPSA) is 111 Å². The molecule has 1 amide bonds. The lowest BCUT2D eigenvalue weighted by Gasteiger charge is -2.22. The van der Waals surface area contributed by atoms with Crippen molar-refractivity contribution in [1.82, 2.24) is 10.6 Å². The summed E-state index contributed by atoms with van der Waals surface area (Å²) < 4.78 is 93.8. The van der Waals surface area contributed by atoms with E-state index in [9.17, 15) is 35.6 Å². The summed E-state index contributed by atoms with van der Waals surface area (Å²) in [5.74, 6) is -11.1. The maximum absolute atomic E-state index is 14.8. The number of rotatable bonds is 11. The number of esters is 1. The SMILES string of the molecule is COC(=O)[C@@H](NCc1ccc(OS(=O)(=O)c2c(F)c(F)c(C(=O)NCC3CCCCC3)c(F)c2F)cc1)C(C)C. The van der Waals surface area contributed by atoms with Gasteiger partial charge in [-0.1, -0.05) is 45.2 Å². The van der Waals surface area contributed by atoms with E-state index in [-0.39, 0.29) is 24.9 Å². The van der Waals surface area contributed by atoms with Gasteiger partial charge in [0.1, 0.15) is 17.4 Å². The fourth-order valence-electron chi connectivity index (χ4n) is 4.52. The number of benzene rings is 2. The van der Waals surface area contributed by atoms with Gasteiger partial charge in [0.25, 0.3) is 5.91 Å². The number of methoxy groups -OCH3 is 1. The minimum absolute atomic E-state index is 0.0659. The van der Waals surface area contributed by atoms with Gasteiger partial charge in [0.15, 0.2) is 28.2 Å². The summed E-state index contributed by atoms with van der Waals surface area (Å²) in [6.07, 6.45) is 4.51. The molecule has 0 aromatic heterocycles. The molecule has 2 aromatic rings. The van der Waals surface area contributed by atoms with E-state index in [2.05, 4.69) is 10.6 Å². The second-order valence-corrected chi connectivity index (χ2v) is 11.5. The van der Waals surface area contributed by atoms with Crippen LogP contribution in [0, 0.1) is 35.1 Å². The van der Waals surface area contributed by atoms with E-state index in [4.69, 9.17) is 8.92 Å². The Bertz CT molecular complexity index is 1300. The Morgan fingerprint density at radius 3 is 2.05 bits per heavy atom. The Kier molecular flexibility index (Phi) is 10.5. The highest BCUT2D eigenvalue weighted by atomic mass is 32.2. The van der Waals surface area contributed by atoms with Crippen LogP contribution >= 0.6 is 0 Å². The zero-order valence-electron chi connectivity index (χ0n) is 22.4. The normalized spacial score (nSPS) is 15.1. The average molecular weight is 589 g/mol. The standard InChI is InChI=1S/C27H32F4N2O6S/c1-15(2)24(27(35)38-3)32-13-17-9-11-18(12-10-17)39-40(36,37)25-22(30)20(28)19(21(29)23(25)31)26(34)33-14-16-7-5-4-6-8-16/h9-12,15-16,24,32H,4-8,13-14H2,1-3H3,(H,33,34)/t24-/m0/s1. The quantitative estimate of drug-likeness (QED) is 0.171. The van der Waals surface area contributed by atoms with Gasteiger partial charge in [-0.2, -0.15) is 8.42 Å². The van der Waals surface area contributed by atoms with E-state index in [0.29, 0.717) is 5.56 Å². The van der Waals surface area contributed by atoms with Crippen LogP contribution in [0.2, 0.25) is 0 Å². The van der Waals surface area contributed by atoms with Gasteiger partial charge in [0, 0.05) is 13.1 Å². The fourth-order valence-corrected chi connectivity index (χ4v) is 5.59. The predicted molar refractivity (Wildman–Crippen MR) is 137 cm³/mol. The molecule has 2 N–H and O–H groups in total. The number of amides is 1. The molecule has 0 radical (unpaired) electrons. The molecular weight excluding hydrogens is 556 g/mol. The van der Waals surface area contributed by atoms with Gasteiger partial charge in [0.05, 0.1) is 7.11 Å². The van der Waals surface area contributed by atoms with E-state index >= 15 is 0 Å². The monoisotopic (exact) mass is 588 g/mol. The molecule has 1 aliphatic carbocycles. The van der Waals surface area contributed by atoms with Crippen molar-refractivity contribution in [2.24, 2.45) is 11.8 Å². The Balaban J connectivity index is 1.76. The number of ether oxygens (including phenoxy) is 1. The maximum atomic E-state index is 14.8. The van der Waals surface area contributed by atoms with E-state index in [0.717, 1.165) is 44.2 Å². The Morgan fingerprint density at radius 1 is 0.950 bits per heavy atom. The largest absolute Gasteiger partial charge is 0.468 e. The first-order valence-corrected chi connectivity index (χ1v) is 14.3. The smallest absolute Gasteiger partial charge is 0.345 e. The third-order valence-corrected chi connectivity index (χ3v) is 8.02. The molecule has 3 rings (SSSR count). The van der Waals surface area contributed by atoms with Gasteiger partial charge >= 0.3 is 16.1 Å². The number of carbonyl (C=O) groups is 2. The van der Waals surface area contributed by atoms with E-state index in [1.807, 2.05) is 13.8 Å². The van der Waals surface area contributed by atoms with E-state index < -0.39 is 67.5 Å². The number of hydrogen-bond donors (Lipinski definition) is 2. The minimum Gasteiger partial charge on any atom is -0.468 e. The Hall–Kier alpha value is -3.19. The van der Waals surface area contributed by atoms with E-state index in [1.54, 1.807) is 0 Å². The number of nitrogens with one attached hydrogen (secondary N) is 2. The second kappa shape index (κ2) is 13.4.